The third kappa shape index (κ3) is 3.19. The van der Waals surface area contributed by atoms with Crippen LogP contribution in [0.5, 0.6) is 5.75 Å². The van der Waals surface area contributed by atoms with Crippen molar-refractivity contribution < 1.29 is 13.9 Å². The normalized spacial score (nSPS) is 17.3. The van der Waals surface area contributed by atoms with E-state index in [0.29, 0.717) is 13.1 Å². The molecule has 1 unspecified atom stereocenters. The Hall–Kier alpha value is -2.40. The summed E-state index contributed by atoms with van der Waals surface area (Å²) in [7, 11) is 1.60. The lowest BCUT2D eigenvalue weighted by Gasteiger charge is -2.16. The summed E-state index contributed by atoms with van der Waals surface area (Å²) in [5.74, 6) is -0.0630. The zero-order valence-corrected chi connectivity index (χ0v) is 13.0. The Morgan fingerprint density at radius 1 is 1.22 bits per heavy atom. The molecule has 1 amide bonds. The van der Waals surface area contributed by atoms with E-state index in [1.54, 1.807) is 24.1 Å². The molecule has 0 saturated carbocycles. The number of rotatable bonds is 3. The van der Waals surface area contributed by atoms with E-state index in [1.165, 1.54) is 6.07 Å². The van der Waals surface area contributed by atoms with Gasteiger partial charge in [0.15, 0.2) is 0 Å². The molecule has 2 aromatic carbocycles. The number of ether oxygens (including phenoxy) is 1. The standard InChI is InChI=1S/C18H19FN2O2/c1-23-15-5-2-12(3-6-15)13-4-7-16(17(19)10-13)18(22)21-9-8-14(20)11-21/h2-7,10,14H,8-9,11,20H2,1H3. The lowest BCUT2D eigenvalue weighted by molar-refractivity contribution is 0.0786. The minimum atomic E-state index is -0.510. The molecule has 0 aromatic heterocycles. The van der Waals surface area contributed by atoms with Gasteiger partial charge in [-0.15, -0.1) is 0 Å². The van der Waals surface area contributed by atoms with Gasteiger partial charge in [0.1, 0.15) is 11.6 Å². The fourth-order valence-corrected chi connectivity index (χ4v) is 2.79. The van der Waals surface area contributed by atoms with Gasteiger partial charge < -0.3 is 15.4 Å². The second kappa shape index (κ2) is 6.38. The number of likely N-dealkylation sites (tertiary alicyclic amines) is 1. The smallest absolute Gasteiger partial charge is 0.256 e. The molecule has 1 heterocycles. The van der Waals surface area contributed by atoms with Gasteiger partial charge in [-0.1, -0.05) is 18.2 Å². The van der Waals surface area contributed by atoms with Crippen molar-refractivity contribution in [2.75, 3.05) is 20.2 Å². The average molecular weight is 314 g/mol. The van der Waals surface area contributed by atoms with E-state index >= 15 is 0 Å². The first-order valence-corrected chi connectivity index (χ1v) is 7.57. The minimum absolute atomic E-state index is 0.0133. The Morgan fingerprint density at radius 2 is 1.91 bits per heavy atom. The van der Waals surface area contributed by atoms with E-state index < -0.39 is 5.82 Å². The van der Waals surface area contributed by atoms with Gasteiger partial charge in [0.25, 0.3) is 5.91 Å². The highest BCUT2D eigenvalue weighted by molar-refractivity contribution is 5.95. The highest BCUT2D eigenvalue weighted by atomic mass is 19.1. The van der Waals surface area contributed by atoms with E-state index in [4.69, 9.17) is 10.5 Å². The molecule has 2 N–H and O–H groups in total. The van der Waals surface area contributed by atoms with Gasteiger partial charge in [-0.25, -0.2) is 4.39 Å². The Labute approximate surface area is 134 Å². The number of methoxy groups -OCH3 is 1. The maximum atomic E-state index is 14.4. The molecule has 120 valence electrons. The van der Waals surface area contributed by atoms with E-state index in [0.717, 1.165) is 23.3 Å². The monoisotopic (exact) mass is 314 g/mol. The number of nitrogens with two attached hydrogens (primary N) is 1. The average Bonchev–Trinajstić information content (AvgIpc) is 3.01. The predicted octanol–water partition coefficient (Wildman–Crippen LogP) is 2.67. The fourth-order valence-electron chi connectivity index (χ4n) is 2.79. The van der Waals surface area contributed by atoms with E-state index in [-0.39, 0.29) is 17.5 Å². The number of amides is 1. The summed E-state index contributed by atoms with van der Waals surface area (Å²) >= 11 is 0. The molecule has 1 atom stereocenters. The van der Waals surface area contributed by atoms with Crippen molar-refractivity contribution in [2.45, 2.75) is 12.5 Å². The van der Waals surface area contributed by atoms with Crippen molar-refractivity contribution >= 4 is 5.91 Å². The van der Waals surface area contributed by atoms with E-state index in [2.05, 4.69) is 0 Å². The molecule has 3 rings (SSSR count). The topological polar surface area (TPSA) is 55.6 Å². The number of nitrogens with zero attached hydrogens (tertiary/aromatic N) is 1. The Morgan fingerprint density at radius 3 is 2.48 bits per heavy atom. The molecular weight excluding hydrogens is 295 g/mol. The third-order valence-corrected chi connectivity index (χ3v) is 4.13. The van der Waals surface area contributed by atoms with Crippen molar-refractivity contribution in [3.63, 3.8) is 0 Å². The molecule has 0 aliphatic carbocycles. The molecule has 1 aliphatic rings. The Bertz CT molecular complexity index is 715. The number of hydrogen-bond donors (Lipinski definition) is 1. The van der Waals surface area contributed by atoms with Crippen molar-refractivity contribution in [1.82, 2.24) is 4.90 Å². The largest absolute Gasteiger partial charge is 0.497 e. The zero-order chi connectivity index (χ0) is 16.4. The molecule has 1 saturated heterocycles. The van der Waals surface area contributed by atoms with Crippen LogP contribution in [-0.2, 0) is 0 Å². The SMILES string of the molecule is COc1ccc(-c2ccc(C(=O)N3CCC(N)C3)c(F)c2)cc1. The van der Waals surface area contributed by atoms with E-state index in [9.17, 15) is 9.18 Å². The first-order valence-electron chi connectivity index (χ1n) is 7.57. The zero-order valence-electron chi connectivity index (χ0n) is 13.0. The van der Waals surface area contributed by atoms with Gasteiger partial charge >= 0.3 is 0 Å². The third-order valence-electron chi connectivity index (χ3n) is 4.13. The molecule has 1 fully saturated rings. The summed E-state index contributed by atoms with van der Waals surface area (Å²) < 4.78 is 19.5. The Kier molecular flexibility index (Phi) is 4.30. The van der Waals surface area contributed by atoms with Crippen LogP contribution < -0.4 is 10.5 Å². The van der Waals surface area contributed by atoms with Crippen LogP contribution in [0.25, 0.3) is 11.1 Å². The van der Waals surface area contributed by atoms with Gasteiger partial charge in [0.2, 0.25) is 0 Å². The van der Waals surface area contributed by atoms with Crippen molar-refractivity contribution in [3.8, 4) is 16.9 Å². The first kappa shape index (κ1) is 15.5. The number of hydrogen-bond acceptors (Lipinski definition) is 3. The number of carbonyl (C=O) groups excluding carboxylic acids is 1. The second-order valence-electron chi connectivity index (χ2n) is 5.72. The van der Waals surface area contributed by atoms with Crippen LogP contribution in [0.3, 0.4) is 0 Å². The van der Waals surface area contributed by atoms with Gasteiger partial charge in [-0.2, -0.15) is 0 Å². The van der Waals surface area contributed by atoms with Crippen molar-refractivity contribution in [2.24, 2.45) is 5.73 Å². The summed E-state index contributed by atoms with van der Waals surface area (Å²) in [5, 5.41) is 0. The van der Waals surface area contributed by atoms with Crippen LogP contribution in [0.4, 0.5) is 4.39 Å². The Balaban J connectivity index is 1.83. The van der Waals surface area contributed by atoms with Gasteiger partial charge in [-0.05, 0) is 41.8 Å². The van der Waals surface area contributed by atoms with E-state index in [1.807, 2.05) is 24.3 Å². The van der Waals surface area contributed by atoms with Crippen LogP contribution in [-0.4, -0.2) is 37.0 Å². The van der Waals surface area contributed by atoms with Crippen LogP contribution in [0, 0.1) is 5.82 Å². The molecule has 0 bridgehead atoms. The van der Waals surface area contributed by atoms with Crippen LogP contribution >= 0.6 is 0 Å². The summed E-state index contributed by atoms with van der Waals surface area (Å²) in [5.41, 5.74) is 7.49. The van der Waals surface area contributed by atoms with Crippen LogP contribution in [0.1, 0.15) is 16.8 Å². The molecule has 23 heavy (non-hydrogen) atoms. The molecular formula is C18H19FN2O2. The van der Waals surface area contributed by atoms with Crippen molar-refractivity contribution in [1.29, 1.82) is 0 Å². The van der Waals surface area contributed by atoms with Crippen LogP contribution in [0.2, 0.25) is 0 Å². The quantitative estimate of drug-likeness (QED) is 0.947. The number of carbonyl (C=O) groups is 1. The van der Waals surface area contributed by atoms with Crippen LogP contribution in [0.15, 0.2) is 42.5 Å². The van der Waals surface area contributed by atoms with Gasteiger partial charge in [-0.3, -0.25) is 4.79 Å². The molecule has 0 spiro atoms. The van der Waals surface area contributed by atoms with Gasteiger partial charge in [0.05, 0.1) is 12.7 Å². The minimum Gasteiger partial charge on any atom is -0.497 e. The second-order valence-corrected chi connectivity index (χ2v) is 5.72. The summed E-state index contributed by atoms with van der Waals surface area (Å²) in [6.07, 6.45) is 0.761. The molecule has 0 radical (unpaired) electrons. The highest BCUT2D eigenvalue weighted by Gasteiger charge is 2.26. The maximum Gasteiger partial charge on any atom is 0.256 e. The first-order chi connectivity index (χ1) is 11.1. The number of benzene rings is 2. The summed E-state index contributed by atoms with van der Waals surface area (Å²) in [4.78, 5) is 14.0. The predicted molar refractivity (Wildman–Crippen MR) is 86.9 cm³/mol. The summed E-state index contributed by atoms with van der Waals surface area (Å²) in [6.45, 7) is 1.07. The number of halogens is 1. The van der Waals surface area contributed by atoms with Gasteiger partial charge in [0, 0.05) is 19.1 Å². The summed E-state index contributed by atoms with van der Waals surface area (Å²) in [6, 6.07) is 12.0. The highest BCUT2D eigenvalue weighted by Crippen LogP contribution is 2.25. The maximum absolute atomic E-state index is 14.4. The molecule has 1 aliphatic heterocycles. The lowest BCUT2D eigenvalue weighted by Crippen LogP contribution is -2.32. The molecule has 2 aromatic rings. The molecule has 4 nitrogen and oxygen atoms in total. The van der Waals surface area contributed by atoms with Crippen molar-refractivity contribution in [3.05, 3.63) is 53.8 Å². The lowest BCUT2D eigenvalue weighted by atomic mass is 10.0. The molecule has 5 heteroatoms. The fraction of sp³-hybridized carbons (Fsp3) is 0.278.